The molecule has 0 saturated carbocycles. The van der Waals surface area contributed by atoms with Gasteiger partial charge in [0.15, 0.2) is 0 Å². The predicted molar refractivity (Wildman–Crippen MR) is 67.7 cm³/mol. The van der Waals surface area contributed by atoms with Gasteiger partial charge in [-0.3, -0.25) is 4.79 Å². The van der Waals surface area contributed by atoms with Crippen LogP contribution in [0, 0.1) is 0 Å². The first-order valence-electron chi connectivity index (χ1n) is 5.58. The number of halogens is 1. The summed E-state index contributed by atoms with van der Waals surface area (Å²) in [6.07, 6.45) is 0.883. The summed E-state index contributed by atoms with van der Waals surface area (Å²) in [5.41, 5.74) is 2.03. The van der Waals surface area contributed by atoms with Gasteiger partial charge in [-0.2, -0.15) is 0 Å². The summed E-state index contributed by atoms with van der Waals surface area (Å²) in [6.45, 7) is 5.91. The molecule has 0 bridgehead atoms. The molecule has 0 aromatic heterocycles. The second kappa shape index (κ2) is 5.90. The first kappa shape index (κ1) is 13.0. The number of nitrogens with one attached hydrogen (secondary N) is 1. The summed E-state index contributed by atoms with van der Waals surface area (Å²) >= 11 is 6.17. The van der Waals surface area contributed by atoms with Crippen molar-refractivity contribution in [3.05, 3.63) is 35.4 Å². The van der Waals surface area contributed by atoms with E-state index in [2.05, 4.69) is 12.2 Å². The van der Waals surface area contributed by atoms with Crippen molar-refractivity contribution in [2.24, 2.45) is 0 Å². The Balaban J connectivity index is 2.87. The average Bonchev–Trinajstić information content (AvgIpc) is 2.27. The largest absolute Gasteiger partial charge is 0.352 e. The minimum atomic E-state index is -0.599. The molecule has 1 atom stereocenters. The average molecular weight is 240 g/mol. The number of hydrogen-bond acceptors (Lipinski definition) is 1. The van der Waals surface area contributed by atoms with Gasteiger partial charge in [-0.1, -0.05) is 31.2 Å². The summed E-state index contributed by atoms with van der Waals surface area (Å²) < 4.78 is 0. The van der Waals surface area contributed by atoms with E-state index in [9.17, 15) is 4.79 Å². The summed E-state index contributed by atoms with van der Waals surface area (Å²) in [6, 6.07) is 7.91. The number of alkyl halides is 1. The van der Waals surface area contributed by atoms with Gasteiger partial charge in [-0.05, 0) is 31.4 Å². The predicted octanol–water partition coefficient (Wildman–Crippen LogP) is 3.05. The highest BCUT2D eigenvalue weighted by Gasteiger charge is 2.20. The van der Waals surface area contributed by atoms with E-state index >= 15 is 0 Å². The first-order valence-corrected chi connectivity index (χ1v) is 6.02. The van der Waals surface area contributed by atoms with Crippen LogP contribution in [-0.4, -0.2) is 11.9 Å². The van der Waals surface area contributed by atoms with Crippen LogP contribution in [0.25, 0.3) is 0 Å². The third-order valence-corrected chi connectivity index (χ3v) is 2.80. The van der Waals surface area contributed by atoms with Crippen LogP contribution >= 0.6 is 11.6 Å². The van der Waals surface area contributed by atoms with Crippen molar-refractivity contribution in [1.82, 2.24) is 5.32 Å². The monoisotopic (exact) mass is 239 g/mol. The highest BCUT2D eigenvalue weighted by molar-refractivity contribution is 6.30. The standard InChI is InChI=1S/C13H18ClNO/c1-4-10-7-5-6-8-11(10)12(14)13(16)15-9(2)3/h5-9,12H,4H2,1-3H3,(H,15,16). The lowest BCUT2D eigenvalue weighted by Crippen LogP contribution is -2.33. The van der Waals surface area contributed by atoms with E-state index in [4.69, 9.17) is 11.6 Å². The maximum atomic E-state index is 11.8. The van der Waals surface area contributed by atoms with E-state index < -0.39 is 5.38 Å². The van der Waals surface area contributed by atoms with Gasteiger partial charge in [0.25, 0.3) is 0 Å². The van der Waals surface area contributed by atoms with Gasteiger partial charge in [-0.15, -0.1) is 11.6 Å². The van der Waals surface area contributed by atoms with Gasteiger partial charge in [0, 0.05) is 6.04 Å². The zero-order valence-electron chi connectivity index (χ0n) is 9.96. The molecule has 1 aromatic rings. The van der Waals surface area contributed by atoms with Crippen LogP contribution in [0.2, 0.25) is 0 Å². The highest BCUT2D eigenvalue weighted by Crippen LogP contribution is 2.24. The summed E-state index contributed by atoms with van der Waals surface area (Å²) in [5.74, 6) is -0.127. The lowest BCUT2D eigenvalue weighted by atomic mass is 10.0. The van der Waals surface area contributed by atoms with Crippen LogP contribution in [0.4, 0.5) is 0 Å². The number of amides is 1. The molecular formula is C13H18ClNO. The van der Waals surface area contributed by atoms with Gasteiger partial charge in [-0.25, -0.2) is 0 Å². The maximum Gasteiger partial charge on any atom is 0.242 e. The molecule has 0 radical (unpaired) electrons. The highest BCUT2D eigenvalue weighted by atomic mass is 35.5. The Hall–Kier alpha value is -1.02. The van der Waals surface area contributed by atoms with E-state index in [-0.39, 0.29) is 11.9 Å². The molecule has 1 amide bonds. The van der Waals surface area contributed by atoms with Crippen LogP contribution in [0.15, 0.2) is 24.3 Å². The van der Waals surface area contributed by atoms with Crippen molar-refractivity contribution in [3.8, 4) is 0 Å². The Morgan fingerprint density at radius 2 is 2.00 bits per heavy atom. The van der Waals surface area contributed by atoms with Crippen LogP contribution < -0.4 is 5.32 Å². The summed E-state index contributed by atoms with van der Waals surface area (Å²) in [5, 5.41) is 2.22. The van der Waals surface area contributed by atoms with Crippen molar-refractivity contribution in [1.29, 1.82) is 0 Å². The minimum absolute atomic E-state index is 0.113. The van der Waals surface area contributed by atoms with Gasteiger partial charge < -0.3 is 5.32 Å². The minimum Gasteiger partial charge on any atom is -0.352 e. The molecule has 0 fully saturated rings. The number of benzene rings is 1. The normalized spacial score (nSPS) is 12.6. The lowest BCUT2D eigenvalue weighted by Gasteiger charge is -2.15. The van der Waals surface area contributed by atoms with E-state index in [0.29, 0.717) is 0 Å². The molecule has 0 saturated heterocycles. The zero-order valence-corrected chi connectivity index (χ0v) is 10.7. The Labute approximate surface area is 102 Å². The Morgan fingerprint density at radius 1 is 1.38 bits per heavy atom. The van der Waals surface area contributed by atoms with E-state index in [1.165, 1.54) is 0 Å². The fourth-order valence-corrected chi connectivity index (χ4v) is 1.88. The molecule has 1 aromatic carbocycles. The fraction of sp³-hybridized carbons (Fsp3) is 0.462. The molecule has 1 unspecified atom stereocenters. The van der Waals surface area contributed by atoms with E-state index in [1.807, 2.05) is 38.1 Å². The fourth-order valence-electron chi connectivity index (χ4n) is 1.60. The Bertz CT molecular complexity index is 363. The maximum absolute atomic E-state index is 11.8. The van der Waals surface area contributed by atoms with Crippen LogP contribution in [-0.2, 0) is 11.2 Å². The number of rotatable bonds is 4. The number of hydrogen-bond donors (Lipinski definition) is 1. The third-order valence-electron chi connectivity index (χ3n) is 2.37. The smallest absolute Gasteiger partial charge is 0.242 e. The first-order chi connectivity index (χ1) is 7.56. The number of carbonyl (C=O) groups is 1. The van der Waals surface area contributed by atoms with Crippen molar-refractivity contribution < 1.29 is 4.79 Å². The summed E-state index contributed by atoms with van der Waals surface area (Å²) in [7, 11) is 0. The SMILES string of the molecule is CCc1ccccc1C(Cl)C(=O)NC(C)C. The molecule has 0 aliphatic heterocycles. The van der Waals surface area contributed by atoms with Gasteiger partial charge in [0.2, 0.25) is 5.91 Å². The van der Waals surface area contributed by atoms with Crippen LogP contribution in [0.1, 0.15) is 37.3 Å². The molecule has 2 nitrogen and oxygen atoms in total. The molecule has 88 valence electrons. The van der Waals surface area contributed by atoms with Gasteiger partial charge in [0.05, 0.1) is 0 Å². The number of carbonyl (C=O) groups excluding carboxylic acids is 1. The Kier molecular flexibility index (Phi) is 4.81. The quantitative estimate of drug-likeness (QED) is 0.804. The second-order valence-corrected chi connectivity index (χ2v) is 4.51. The third kappa shape index (κ3) is 3.24. The Morgan fingerprint density at radius 3 is 2.56 bits per heavy atom. The molecule has 1 N–H and O–H groups in total. The van der Waals surface area contributed by atoms with Crippen molar-refractivity contribution in [3.63, 3.8) is 0 Å². The second-order valence-electron chi connectivity index (χ2n) is 4.08. The molecule has 0 aliphatic rings. The molecule has 0 heterocycles. The molecule has 0 aliphatic carbocycles. The molecule has 0 spiro atoms. The molecule has 1 rings (SSSR count). The number of aryl methyl sites for hydroxylation is 1. The van der Waals surface area contributed by atoms with Crippen LogP contribution in [0.3, 0.4) is 0 Å². The topological polar surface area (TPSA) is 29.1 Å². The molecule has 16 heavy (non-hydrogen) atoms. The lowest BCUT2D eigenvalue weighted by molar-refractivity contribution is -0.121. The zero-order chi connectivity index (χ0) is 12.1. The van der Waals surface area contributed by atoms with Crippen molar-refractivity contribution >= 4 is 17.5 Å². The van der Waals surface area contributed by atoms with E-state index in [1.54, 1.807) is 0 Å². The molecule has 3 heteroatoms. The van der Waals surface area contributed by atoms with E-state index in [0.717, 1.165) is 17.5 Å². The van der Waals surface area contributed by atoms with Gasteiger partial charge in [0.1, 0.15) is 5.38 Å². The van der Waals surface area contributed by atoms with Crippen LogP contribution in [0.5, 0.6) is 0 Å². The van der Waals surface area contributed by atoms with Crippen molar-refractivity contribution in [2.75, 3.05) is 0 Å². The van der Waals surface area contributed by atoms with Crippen molar-refractivity contribution in [2.45, 2.75) is 38.6 Å². The van der Waals surface area contributed by atoms with Gasteiger partial charge >= 0.3 is 0 Å². The summed E-state index contributed by atoms with van der Waals surface area (Å²) in [4.78, 5) is 11.8. The molecular weight excluding hydrogens is 222 g/mol.